The molecule has 0 spiro atoms. The summed E-state index contributed by atoms with van der Waals surface area (Å²) in [6, 6.07) is 25.3. The molecule has 42 heavy (non-hydrogen) atoms. The van der Waals surface area contributed by atoms with E-state index in [1.807, 2.05) is 12.1 Å². The largest absolute Gasteiger partial charge is 0.492 e. The number of benzene rings is 3. The molecule has 224 valence electrons. The van der Waals surface area contributed by atoms with Gasteiger partial charge < -0.3 is 9.47 Å². The highest BCUT2D eigenvalue weighted by atomic mass is 35.5. The van der Waals surface area contributed by atoms with Gasteiger partial charge in [0.25, 0.3) is 0 Å². The van der Waals surface area contributed by atoms with E-state index in [2.05, 4.69) is 77.4 Å². The molecular formula is C37H47ClN2O2. The highest BCUT2D eigenvalue weighted by molar-refractivity contribution is 6.30. The number of halogens is 1. The topological polar surface area (TPSA) is 24.9 Å². The van der Waals surface area contributed by atoms with E-state index >= 15 is 0 Å². The highest BCUT2D eigenvalue weighted by Crippen LogP contribution is 2.34. The first-order chi connectivity index (χ1) is 20.7. The standard InChI is InChI=1S/C37H47ClN2O2/c1-30(31-10-16-34(38)17-11-31)37(32-12-18-35(19-13-32)41-28-26-39-22-6-2-3-7-23-39)33-14-20-36(21-15-33)42-29-27-40-24-8-4-5-9-25-40/h10-21H,2-9,22-29H2,1H3. The van der Waals surface area contributed by atoms with E-state index in [-0.39, 0.29) is 0 Å². The zero-order chi connectivity index (χ0) is 29.0. The highest BCUT2D eigenvalue weighted by Gasteiger charge is 2.14. The molecule has 0 saturated carbocycles. The Morgan fingerprint density at radius 1 is 0.548 bits per heavy atom. The zero-order valence-electron chi connectivity index (χ0n) is 25.3. The second-order valence-corrected chi connectivity index (χ2v) is 12.2. The third-order valence-electron chi connectivity index (χ3n) is 8.69. The van der Waals surface area contributed by atoms with Crippen LogP contribution in [0, 0.1) is 0 Å². The average Bonchev–Trinajstić information content (AvgIpc) is 3.45. The number of nitrogens with zero attached hydrogens (tertiary/aromatic N) is 2. The minimum absolute atomic E-state index is 0.727. The Hall–Kier alpha value is -2.79. The van der Waals surface area contributed by atoms with Crippen LogP contribution < -0.4 is 9.47 Å². The van der Waals surface area contributed by atoms with Crippen molar-refractivity contribution < 1.29 is 9.47 Å². The third kappa shape index (κ3) is 9.10. The Labute approximate surface area is 258 Å². The van der Waals surface area contributed by atoms with Gasteiger partial charge in [-0.05, 0) is 123 Å². The van der Waals surface area contributed by atoms with E-state index in [0.29, 0.717) is 0 Å². The molecule has 0 N–H and O–H groups in total. The van der Waals surface area contributed by atoms with Crippen molar-refractivity contribution in [3.63, 3.8) is 0 Å². The number of likely N-dealkylation sites (tertiary alicyclic amines) is 2. The lowest BCUT2D eigenvalue weighted by molar-refractivity contribution is 0.214. The number of rotatable bonds is 11. The summed E-state index contributed by atoms with van der Waals surface area (Å²) in [6.45, 7) is 10.4. The molecule has 5 rings (SSSR count). The van der Waals surface area contributed by atoms with Gasteiger partial charge >= 0.3 is 0 Å². The van der Waals surface area contributed by atoms with Gasteiger partial charge in [-0.25, -0.2) is 0 Å². The fourth-order valence-corrected chi connectivity index (χ4v) is 6.31. The van der Waals surface area contributed by atoms with E-state index in [4.69, 9.17) is 21.1 Å². The van der Waals surface area contributed by atoms with E-state index in [1.165, 1.54) is 88.7 Å². The van der Waals surface area contributed by atoms with E-state index in [1.54, 1.807) is 0 Å². The van der Waals surface area contributed by atoms with Crippen molar-refractivity contribution in [2.24, 2.45) is 0 Å². The molecule has 0 radical (unpaired) electrons. The third-order valence-corrected chi connectivity index (χ3v) is 8.94. The van der Waals surface area contributed by atoms with Crippen molar-refractivity contribution in [1.29, 1.82) is 0 Å². The fraction of sp³-hybridized carbons (Fsp3) is 0.459. The monoisotopic (exact) mass is 586 g/mol. The number of allylic oxidation sites excluding steroid dienone is 1. The summed E-state index contributed by atoms with van der Waals surface area (Å²) in [5.41, 5.74) is 5.89. The fourth-order valence-electron chi connectivity index (χ4n) is 6.18. The lowest BCUT2D eigenvalue weighted by atomic mass is 9.90. The van der Waals surface area contributed by atoms with Crippen LogP contribution >= 0.6 is 11.6 Å². The summed E-state index contributed by atoms with van der Waals surface area (Å²) in [7, 11) is 0. The summed E-state index contributed by atoms with van der Waals surface area (Å²) < 4.78 is 12.3. The van der Waals surface area contributed by atoms with Crippen LogP contribution in [0.5, 0.6) is 11.5 Å². The van der Waals surface area contributed by atoms with Crippen LogP contribution in [0.2, 0.25) is 5.02 Å². The summed E-state index contributed by atoms with van der Waals surface area (Å²) in [6.07, 6.45) is 10.7. The summed E-state index contributed by atoms with van der Waals surface area (Å²) in [4.78, 5) is 5.08. The van der Waals surface area contributed by atoms with E-state index in [9.17, 15) is 0 Å². The van der Waals surface area contributed by atoms with Gasteiger partial charge in [0.1, 0.15) is 24.7 Å². The van der Waals surface area contributed by atoms with Gasteiger partial charge in [-0.1, -0.05) is 73.7 Å². The van der Waals surface area contributed by atoms with Crippen LogP contribution in [0.15, 0.2) is 72.8 Å². The Morgan fingerprint density at radius 3 is 1.33 bits per heavy atom. The summed E-state index contributed by atoms with van der Waals surface area (Å²) in [5.74, 6) is 1.84. The van der Waals surface area contributed by atoms with Crippen molar-refractivity contribution in [3.8, 4) is 11.5 Å². The summed E-state index contributed by atoms with van der Waals surface area (Å²) >= 11 is 6.21. The first-order valence-electron chi connectivity index (χ1n) is 16.0. The smallest absolute Gasteiger partial charge is 0.119 e. The number of hydrogen-bond donors (Lipinski definition) is 0. The second kappa shape index (κ2) is 16.2. The van der Waals surface area contributed by atoms with Crippen LogP contribution in [-0.4, -0.2) is 62.3 Å². The Morgan fingerprint density at radius 2 is 0.929 bits per heavy atom. The molecule has 0 bridgehead atoms. The molecule has 3 aromatic rings. The molecule has 2 heterocycles. The van der Waals surface area contributed by atoms with Crippen LogP contribution in [0.4, 0.5) is 0 Å². The maximum absolute atomic E-state index is 6.21. The van der Waals surface area contributed by atoms with Crippen LogP contribution in [0.3, 0.4) is 0 Å². The minimum atomic E-state index is 0.727. The Balaban J connectivity index is 1.27. The Kier molecular flexibility index (Phi) is 11.8. The molecule has 2 saturated heterocycles. The van der Waals surface area contributed by atoms with Gasteiger partial charge in [0, 0.05) is 18.1 Å². The Bertz CT molecular complexity index is 1170. The molecule has 2 aliphatic rings. The molecule has 0 atom stereocenters. The SMILES string of the molecule is CC(=C(c1ccc(OCCN2CCCCCC2)cc1)c1ccc(OCCN2CCCCCC2)cc1)c1ccc(Cl)cc1. The lowest BCUT2D eigenvalue weighted by Gasteiger charge is -2.20. The van der Waals surface area contributed by atoms with Gasteiger partial charge in [0.05, 0.1) is 0 Å². The molecule has 0 amide bonds. The predicted molar refractivity (Wildman–Crippen MR) is 177 cm³/mol. The van der Waals surface area contributed by atoms with E-state index in [0.717, 1.165) is 59.5 Å². The lowest BCUT2D eigenvalue weighted by Crippen LogP contribution is -2.29. The van der Waals surface area contributed by atoms with Gasteiger partial charge in [0.2, 0.25) is 0 Å². The van der Waals surface area contributed by atoms with Crippen LogP contribution in [-0.2, 0) is 0 Å². The molecule has 2 fully saturated rings. The van der Waals surface area contributed by atoms with Crippen molar-refractivity contribution in [3.05, 3.63) is 94.5 Å². The number of hydrogen-bond acceptors (Lipinski definition) is 4. The normalized spacial score (nSPS) is 16.8. The summed E-state index contributed by atoms with van der Waals surface area (Å²) in [5, 5.41) is 0.747. The van der Waals surface area contributed by atoms with Gasteiger partial charge in [-0.2, -0.15) is 0 Å². The van der Waals surface area contributed by atoms with Crippen molar-refractivity contribution in [2.75, 3.05) is 52.5 Å². The number of ether oxygens (including phenoxy) is 2. The van der Waals surface area contributed by atoms with E-state index < -0.39 is 0 Å². The van der Waals surface area contributed by atoms with Gasteiger partial charge in [-0.15, -0.1) is 0 Å². The van der Waals surface area contributed by atoms with Crippen molar-refractivity contribution in [1.82, 2.24) is 9.80 Å². The average molecular weight is 587 g/mol. The molecular weight excluding hydrogens is 540 g/mol. The molecule has 5 heteroatoms. The quantitative estimate of drug-likeness (QED) is 0.210. The van der Waals surface area contributed by atoms with Gasteiger partial charge in [0.15, 0.2) is 0 Å². The molecule has 0 unspecified atom stereocenters. The molecule has 4 nitrogen and oxygen atoms in total. The second-order valence-electron chi connectivity index (χ2n) is 11.8. The first-order valence-corrected chi connectivity index (χ1v) is 16.4. The van der Waals surface area contributed by atoms with Crippen LogP contribution in [0.1, 0.15) is 75.0 Å². The minimum Gasteiger partial charge on any atom is -0.492 e. The van der Waals surface area contributed by atoms with Crippen molar-refractivity contribution in [2.45, 2.75) is 58.3 Å². The molecule has 0 aliphatic carbocycles. The van der Waals surface area contributed by atoms with Gasteiger partial charge in [-0.3, -0.25) is 9.80 Å². The first kappa shape index (κ1) is 30.7. The molecule has 0 aromatic heterocycles. The predicted octanol–water partition coefficient (Wildman–Crippen LogP) is 8.83. The molecule has 2 aliphatic heterocycles. The maximum atomic E-state index is 6.21. The van der Waals surface area contributed by atoms with Crippen molar-refractivity contribution >= 4 is 22.7 Å². The molecule has 3 aromatic carbocycles. The zero-order valence-corrected chi connectivity index (χ0v) is 26.1. The maximum Gasteiger partial charge on any atom is 0.119 e. The van der Waals surface area contributed by atoms with Crippen LogP contribution in [0.25, 0.3) is 11.1 Å².